The van der Waals surface area contributed by atoms with Gasteiger partial charge in [0.05, 0.1) is 11.9 Å². The van der Waals surface area contributed by atoms with E-state index in [1.165, 1.54) is 35.8 Å². The Bertz CT molecular complexity index is 908. The maximum atomic E-state index is 13.7. The molecule has 0 atom stereocenters. The summed E-state index contributed by atoms with van der Waals surface area (Å²) in [4.78, 5) is 4.83. The zero-order valence-corrected chi connectivity index (χ0v) is 13.1. The van der Waals surface area contributed by atoms with Gasteiger partial charge >= 0.3 is 0 Å². The maximum absolute atomic E-state index is 13.7. The molecule has 0 saturated heterocycles. The summed E-state index contributed by atoms with van der Waals surface area (Å²) in [5.41, 5.74) is 1.96. The molecule has 3 rings (SSSR count). The predicted molar refractivity (Wildman–Crippen MR) is 88.6 cm³/mol. The molecule has 0 bridgehead atoms. The first-order chi connectivity index (χ1) is 11.2. The van der Waals surface area contributed by atoms with Crippen LogP contribution in [0.5, 0.6) is 0 Å². The average molecular weight is 329 g/mol. The Morgan fingerprint density at radius 1 is 1.04 bits per heavy atom. The van der Waals surface area contributed by atoms with Gasteiger partial charge in [-0.1, -0.05) is 18.2 Å². The highest BCUT2D eigenvalue weighted by Gasteiger charge is 2.07. The van der Waals surface area contributed by atoms with E-state index in [1.807, 2.05) is 5.38 Å². The molecule has 2 aromatic carbocycles. The molecule has 23 heavy (non-hydrogen) atoms. The van der Waals surface area contributed by atoms with E-state index in [2.05, 4.69) is 10.1 Å². The normalized spacial score (nSPS) is 12.2. The van der Waals surface area contributed by atoms with E-state index < -0.39 is 0 Å². The van der Waals surface area contributed by atoms with Gasteiger partial charge in [-0.2, -0.15) is 5.10 Å². The zero-order valence-electron chi connectivity index (χ0n) is 12.3. The second-order valence-electron chi connectivity index (χ2n) is 4.71. The highest BCUT2D eigenvalue weighted by molar-refractivity contribution is 7.07. The van der Waals surface area contributed by atoms with Crippen LogP contribution >= 0.6 is 11.3 Å². The van der Waals surface area contributed by atoms with Crippen LogP contribution in [0.2, 0.25) is 0 Å². The molecule has 0 radical (unpaired) electrons. The van der Waals surface area contributed by atoms with Crippen molar-refractivity contribution in [3.63, 3.8) is 0 Å². The van der Waals surface area contributed by atoms with E-state index >= 15 is 0 Å². The highest BCUT2D eigenvalue weighted by Crippen LogP contribution is 2.20. The van der Waals surface area contributed by atoms with Crippen molar-refractivity contribution in [2.24, 2.45) is 10.1 Å². The third-order valence-corrected chi connectivity index (χ3v) is 4.14. The maximum Gasteiger partial charge on any atom is 0.205 e. The summed E-state index contributed by atoms with van der Waals surface area (Å²) in [5.74, 6) is -0.642. The predicted octanol–water partition coefficient (Wildman–Crippen LogP) is 3.91. The van der Waals surface area contributed by atoms with Gasteiger partial charge in [-0.3, -0.25) is 4.99 Å². The second-order valence-corrected chi connectivity index (χ2v) is 5.55. The van der Waals surface area contributed by atoms with Crippen molar-refractivity contribution in [1.29, 1.82) is 0 Å². The minimum absolute atomic E-state index is 0.300. The van der Waals surface area contributed by atoms with Crippen LogP contribution in [0, 0.1) is 11.6 Å². The topological polar surface area (TPSA) is 29.6 Å². The lowest BCUT2D eigenvalue weighted by atomic mass is 10.2. The molecule has 0 aliphatic carbocycles. The first-order valence-corrected chi connectivity index (χ1v) is 7.75. The molecule has 116 valence electrons. The van der Waals surface area contributed by atoms with Crippen LogP contribution in [0.15, 0.2) is 64.0 Å². The van der Waals surface area contributed by atoms with Gasteiger partial charge in [-0.05, 0) is 30.3 Å². The number of aromatic nitrogens is 1. The third-order valence-electron chi connectivity index (χ3n) is 3.23. The smallest absolute Gasteiger partial charge is 0.205 e. The summed E-state index contributed by atoms with van der Waals surface area (Å²) in [5, 5.41) is 6.22. The number of nitrogens with zero attached hydrogens (tertiary/aromatic N) is 3. The fourth-order valence-corrected chi connectivity index (χ4v) is 2.88. The summed E-state index contributed by atoms with van der Waals surface area (Å²) in [7, 11) is 1.66. The molecule has 0 N–H and O–H groups in total. The molecule has 0 amide bonds. The van der Waals surface area contributed by atoms with Crippen molar-refractivity contribution in [2.75, 3.05) is 7.05 Å². The lowest BCUT2D eigenvalue weighted by molar-refractivity contribution is 0.625. The number of hydrogen-bond donors (Lipinski definition) is 0. The molecular weight excluding hydrogens is 316 g/mol. The van der Waals surface area contributed by atoms with Gasteiger partial charge < -0.3 is 0 Å². The molecule has 3 aromatic rings. The SMILES string of the molecule is CN=c1scc(-c2ccc(F)cc2)n1/N=C\c1ccccc1F. The van der Waals surface area contributed by atoms with Crippen LogP contribution in [0.1, 0.15) is 5.56 Å². The van der Waals surface area contributed by atoms with Gasteiger partial charge in [0, 0.05) is 23.6 Å². The first kappa shape index (κ1) is 15.3. The summed E-state index contributed by atoms with van der Waals surface area (Å²) in [6.45, 7) is 0. The van der Waals surface area contributed by atoms with Crippen molar-refractivity contribution < 1.29 is 8.78 Å². The molecule has 0 aliphatic heterocycles. The Balaban J connectivity index is 2.06. The number of thiazole rings is 1. The zero-order chi connectivity index (χ0) is 16.2. The van der Waals surface area contributed by atoms with Crippen LogP contribution in [-0.2, 0) is 0 Å². The van der Waals surface area contributed by atoms with E-state index in [0.29, 0.717) is 10.4 Å². The molecule has 0 saturated carbocycles. The lowest BCUT2D eigenvalue weighted by Crippen LogP contribution is -2.11. The molecule has 6 heteroatoms. The van der Waals surface area contributed by atoms with Crippen LogP contribution in [0.4, 0.5) is 8.78 Å². The van der Waals surface area contributed by atoms with Crippen LogP contribution < -0.4 is 4.80 Å². The van der Waals surface area contributed by atoms with Crippen LogP contribution in [-0.4, -0.2) is 17.9 Å². The van der Waals surface area contributed by atoms with Gasteiger partial charge in [-0.15, -0.1) is 11.3 Å². The lowest BCUT2D eigenvalue weighted by Gasteiger charge is -2.03. The van der Waals surface area contributed by atoms with E-state index in [1.54, 1.807) is 42.1 Å². The van der Waals surface area contributed by atoms with Gasteiger partial charge in [-0.25, -0.2) is 13.5 Å². The van der Waals surface area contributed by atoms with Crippen LogP contribution in [0.3, 0.4) is 0 Å². The van der Waals surface area contributed by atoms with Crippen LogP contribution in [0.25, 0.3) is 11.3 Å². The van der Waals surface area contributed by atoms with Crippen molar-refractivity contribution in [3.05, 3.63) is 75.9 Å². The van der Waals surface area contributed by atoms with E-state index in [-0.39, 0.29) is 11.6 Å². The Morgan fingerprint density at radius 3 is 2.48 bits per heavy atom. The molecule has 0 fully saturated rings. The molecular formula is C17H13F2N3S. The molecule has 1 aromatic heterocycles. The van der Waals surface area contributed by atoms with Crippen molar-refractivity contribution in [2.45, 2.75) is 0 Å². The minimum atomic E-state index is -0.342. The summed E-state index contributed by atoms with van der Waals surface area (Å²) >= 11 is 1.41. The summed E-state index contributed by atoms with van der Waals surface area (Å²) in [6, 6.07) is 12.5. The monoisotopic (exact) mass is 329 g/mol. The second kappa shape index (κ2) is 6.66. The summed E-state index contributed by atoms with van der Waals surface area (Å²) < 4.78 is 28.4. The van der Waals surface area contributed by atoms with Gasteiger partial charge in [0.25, 0.3) is 0 Å². The Morgan fingerprint density at radius 2 is 1.78 bits per heavy atom. The van der Waals surface area contributed by atoms with Gasteiger partial charge in [0.2, 0.25) is 4.80 Å². The fraction of sp³-hybridized carbons (Fsp3) is 0.0588. The average Bonchev–Trinajstić information content (AvgIpc) is 2.98. The number of hydrogen-bond acceptors (Lipinski definition) is 3. The first-order valence-electron chi connectivity index (χ1n) is 6.87. The minimum Gasteiger partial charge on any atom is -0.261 e. The van der Waals surface area contributed by atoms with E-state index in [9.17, 15) is 8.78 Å². The van der Waals surface area contributed by atoms with E-state index in [4.69, 9.17) is 0 Å². The van der Waals surface area contributed by atoms with Crippen molar-refractivity contribution in [1.82, 2.24) is 4.68 Å². The Labute approximate surface area is 135 Å². The number of benzene rings is 2. The highest BCUT2D eigenvalue weighted by atomic mass is 32.1. The molecule has 3 nitrogen and oxygen atoms in total. The number of halogens is 2. The van der Waals surface area contributed by atoms with E-state index in [0.717, 1.165) is 11.3 Å². The standard InChI is InChI=1S/C17H13F2N3S/c1-20-17-22(21-10-13-4-2-3-5-15(13)19)16(11-23-17)12-6-8-14(18)9-7-12/h2-11H,1H3/b20-17?,21-10-. The van der Waals surface area contributed by atoms with Gasteiger partial charge in [0.15, 0.2) is 0 Å². The molecule has 0 spiro atoms. The quantitative estimate of drug-likeness (QED) is 0.652. The third kappa shape index (κ3) is 3.27. The molecule has 0 unspecified atom stereocenters. The summed E-state index contributed by atoms with van der Waals surface area (Å²) in [6.07, 6.45) is 1.45. The number of rotatable bonds is 3. The van der Waals surface area contributed by atoms with Crippen molar-refractivity contribution in [3.8, 4) is 11.3 Å². The Hall–Kier alpha value is -2.60. The largest absolute Gasteiger partial charge is 0.261 e. The van der Waals surface area contributed by atoms with Crippen molar-refractivity contribution >= 4 is 17.6 Å². The van der Waals surface area contributed by atoms with Gasteiger partial charge in [0.1, 0.15) is 11.6 Å². The molecule has 1 heterocycles. The fourth-order valence-electron chi connectivity index (χ4n) is 2.08. The molecule has 0 aliphatic rings. The Kier molecular flexibility index (Phi) is 4.43.